The smallest absolute Gasteiger partial charge is 0.311 e. The van der Waals surface area contributed by atoms with Crippen molar-refractivity contribution in [3.63, 3.8) is 0 Å². The van der Waals surface area contributed by atoms with E-state index in [1.807, 2.05) is 56.4 Å². The number of aliphatic hydroxyl groups excluding tert-OH is 1. The number of carbonyl (C=O) groups is 3. The topological polar surface area (TPSA) is 87.2 Å². The number of thioether (sulfide) groups is 1. The number of carbonyl (C=O) groups excluding carboxylic acids is 3. The number of nitrogens with zero attached hydrogens (tertiary/aromatic N) is 2. The molecule has 34 heavy (non-hydrogen) atoms. The third-order valence-corrected chi connectivity index (χ3v) is 9.20. The highest BCUT2D eigenvalue weighted by molar-refractivity contribution is 8.02. The van der Waals surface area contributed by atoms with Gasteiger partial charge in [-0.05, 0) is 44.4 Å². The summed E-state index contributed by atoms with van der Waals surface area (Å²) in [4.78, 5) is 44.6. The van der Waals surface area contributed by atoms with Crippen LogP contribution in [0.15, 0.2) is 42.5 Å². The molecule has 1 spiro atoms. The van der Waals surface area contributed by atoms with Gasteiger partial charge in [0.2, 0.25) is 5.91 Å². The summed E-state index contributed by atoms with van der Waals surface area (Å²) in [7, 11) is 0. The average molecular weight is 483 g/mol. The molecule has 0 saturated carbocycles. The average Bonchev–Trinajstić information content (AvgIpc) is 3.19. The number of cyclic esters (lactones) is 1. The molecule has 7 nitrogen and oxygen atoms in total. The Balaban J connectivity index is 1.66. The maximum atomic E-state index is 14.3. The van der Waals surface area contributed by atoms with E-state index in [4.69, 9.17) is 4.74 Å². The number of hydrogen-bond acceptors (Lipinski definition) is 6. The van der Waals surface area contributed by atoms with Crippen molar-refractivity contribution >= 4 is 35.2 Å². The molecule has 1 aromatic rings. The number of likely N-dealkylation sites (tertiary alicyclic amines) is 1. The van der Waals surface area contributed by atoms with Crippen molar-refractivity contribution in [1.82, 2.24) is 4.90 Å². The lowest BCUT2D eigenvalue weighted by Crippen LogP contribution is -2.56. The number of hydrogen-bond donors (Lipinski definition) is 1. The van der Waals surface area contributed by atoms with Gasteiger partial charge in [-0.3, -0.25) is 14.4 Å². The zero-order valence-electron chi connectivity index (χ0n) is 19.6. The minimum atomic E-state index is -0.910. The summed E-state index contributed by atoms with van der Waals surface area (Å²) < 4.78 is 4.58. The fourth-order valence-electron chi connectivity index (χ4n) is 5.84. The molecule has 6 atom stereocenters. The van der Waals surface area contributed by atoms with Crippen LogP contribution in [0.2, 0.25) is 0 Å². The normalized spacial score (nSPS) is 33.6. The lowest BCUT2D eigenvalue weighted by molar-refractivity contribution is -0.153. The predicted molar refractivity (Wildman–Crippen MR) is 130 cm³/mol. The molecule has 2 fully saturated rings. The van der Waals surface area contributed by atoms with Crippen molar-refractivity contribution in [2.24, 2.45) is 11.8 Å². The Morgan fingerprint density at radius 3 is 2.76 bits per heavy atom. The molecule has 1 aromatic carbocycles. The molecule has 180 valence electrons. The SMILES string of the molecule is Cc1ccc(C)c(N2CC=C[C@]34S[C@H]5C=CCCOC(=O)[C@H]5[C@H]3C(=O)N([C@H](C)CO)C4C2=O)c1. The second-order valence-electron chi connectivity index (χ2n) is 9.64. The highest BCUT2D eigenvalue weighted by Crippen LogP contribution is 2.61. The molecule has 2 amide bonds. The minimum absolute atomic E-state index is 0.186. The van der Waals surface area contributed by atoms with Crippen LogP contribution in [0, 0.1) is 25.7 Å². The first-order chi connectivity index (χ1) is 16.3. The highest BCUT2D eigenvalue weighted by atomic mass is 32.2. The first-order valence-electron chi connectivity index (χ1n) is 11.8. The fraction of sp³-hybridized carbons (Fsp3) is 0.500. The summed E-state index contributed by atoms with van der Waals surface area (Å²) in [5, 5.41) is 9.75. The lowest BCUT2D eigenvalue weighted by atomic mass is 9.78. The number of amides is 2. The summed E-state index contributed by atoms with van der Waals surface area (Å²) in [6.07, 6.45) is 8.55. The summed E-state index contributed by atoms with van der Waals surface area (Å²) in [5.41, 5.74) is 2.82. The molecule has 5 rings (SSSR count). The van der Waals surface area contributed by atoms with E-state index in [9.17, 15) is 19.5 Å². The molecule has 4 aliphatic heterocycles. The Morgan fingerprint density at radius 1 is 1.21 bits per heavy atom. The number of benzene rings is 1. The molecule has 1 N–H and O–H groups in total. The number of esters is 1. The van der Waals surface area contributed by atoms with Crippen LogP contribution in [-0.4, -0.2) is 69.6 Å². The van der Waals surface area contributed by atoms with Crippen LogP contribution in [0.1, 0.15) is 24.5 Å². The van der Waals surface area contributed by atoms with Crippen LogP contribution in [0.3, 0.4) is 0 Å². The van der Waals surface area contributed by atoms with Gasteiger partial charge in [-0.25, -0.2) is 0 Å². The summed E-state index contributed by atoms with van der Waals surface area (Å²) in [6.45, 7) is 6.09. The number of ether oxygens (including phenoxy) is 1. The molecule has 4 heterocycles. The van der Waals surface area contributed by atoms with E-state index in [0.29, 0.717) is 13.0 Å². The van der Waals surface area contributed by atoms with Crippen LogP contribution in [-0.2, 0) is 19.1 Å². The van der Waals surface area contributed by atoms with Gasteiger partial charge in [-0.1, -0.05) is 36.4 Å². The molecule has 8 heteroatoms. The Labute approximate surface area is 203 Å². The van der Waals surface area contributed by atoms with Crippen molar-refractivity contribution in [2.75, 3.05) is 24.7 Å². The Bertz CT molecular complexity index is 1100. The van der Waals surface area contributed by atoms with E-state index in [1.54, 1.807) is 11.8 Å². The molecule has 2 saturated heterocycles. The van der Waals surface area contributed by atoms with E-state index in [2.05, 4.69) is 0 Å². The standard InChI is InChI=1S/C26H30N2O5S/c1-15-8-9-16(2)18(13-15)27-11-6-10-26-21(20-19(34-26)7-4-5-12-33-25(20)32)23(30)28(17(3)14-29)22(26)24(27)31/h4,6-10,13,17,19-22,29H,5,11-12,14H2,1-3H3/t17-,19+,20-,21+,22?,26+/m1/s1. The quantitative estimate of drug-likeness (QED) is 0.526. The van der Waals surface area contributed by atoms with Gasteiger partial charge >= 0.3 is 5.97 Å². The van der Waals surface area contributed by atoms with E-state index in [-0.39, 0.29) is 36.2 Å². The van der Waals surface area contributed by atoms with Gasteiger partial charge in [-0.15, -0.1) is 11.8 Å². The molecule has 4 aliphatic rings. The zero-order chi connectivity index (χ0) is 24.2. The van der Waals surface area contributed by atoms with E-state index < -0.39 is 28.7 Å². The number of rotatable bonds is 3. The number of aryl methyl sites for hydroxylation is 2. The van der Waals surface area contributed by atoms with Crippen LogP contribution in [0.4, 0.5) is 5.69 Å². The number of anilines is 1. The fourth-order valence-corrected chi connectivity index (χ4v) is 7.82. The van der Waals surface area contributed by atoms with Crippen molar-refractivity contribution in [1.29, 1.82) is 0 Å². The van der Waals surface area contributed by atoms with Gasteiger partial charge < -0.3 is 19.6 Å². The van der Waals surface area contributed by atoms with Crippen molar-refractivity contribution in [3.8, 4) is 0 Å². The maximum absolute atomic E-state index is 14.3. The Hall–Kier alpha value is -2.58. The monoisotopic (exact) mass is 482 g/mol. The maximum Gasteiger partial charge on any atom is 0.311 e. The zero-order valence-corrected chi connectivity index (χ0v) is 20.5. The first-order valence-corrected chi connectivity index (χ1v) is 12.7. The minimum Gasteiger partial charge on any atom is -0.465 e. The molecular formula is C26H30N2O5S. The molecule has 0 radical (unpaired) electrons. The summed E-state index contributed by atoms with van der Waals surface area (Å²) in [6, 6.07) is 4.60. The van der Waals surface area contributed by atoms with E-state index >= 15 is 0 Å². The molecule has 0 aromatic heterocycles. The van der Waals surface area contributed by atoms with Crippen molar-refractivity contribution < 1.29 is 24.2 Å². The third-order valence-electron chi connectivity index (χ3n) is 7.45. The Morgan fingerprint density at radius 2 is 2.00 bits per heavy atom. The van der Waals surface area contributed by atoms with E-state index in [0.717, 1.165) is 16.8 Å². The number of fused-ring (bicyclic) bond motifs is 2. The van der Waals surface area contributed by atoms with Crippen LogP contribution >= 0.6 is 11.8 Å². The van der Waals surface area contributed by atoms with Crippen LogP contribution in [0.25, 0.3) is 0 Å². The second kappa shape index (κ2) is 8.57. The highest BCUT2D eigenvalue weighted by Gasteiger charge is 2.71. The third kappa shape index (κ3) is 3.33. The molecule has 0 aliphatic carbocycles. The van der Waals surface area contributed by atoms with Gasteiger partial charge in [0, 0.05) is 17.5 Å². The van der Waals surface area contributed by atoms with Gasteiger partial charge in [0.15, 0.2) is 0 Å². The largest absolute Gasteiger partial charge is 0.465 e. The van der Waals surface area contributed by atoms with Gasteiger partial charge in [-0.2, -0.15) is 0 Å². The van der Waals surface area contributed by atoms with Gasteiger partial charge in [0.05, 0.1) is 35.8 Å². The first kappa shape index (κ1) is 23.2. The summed E-state index contributed by atoms with van der Waals surface area (Å²) >= 11 is 1.51. The predicted octanol–water partition coefficient (Wildman–Crippen LogP) is 2.39. The van der Waals surface area contributed by atoms with Crippen LogP contribution in [0.5, 0.6) is 0 Å². The molecule has 0 bridgehead atoms. The number of aliphatic hydroxyl groups is 1. The van der Waals surface area contributed by atoms with Crippen molar-refractivity contribution in [3.05, 3.63) is 53.6 Å². The van der Waals surface area contributed by atoms with Gasteiger partial charge in [0.1, 0.15) is 6.04 Å². The second-order valence-corrected chi connectivity index (χ2v) is 11.1. The van der Waals surface area contributed by atoms with Crippen molar-refractivity contribution in [2.45, 2.75) is 49.3 Å². The summed E-state index contributed by atoms with van der Waals surface area (Å²) in [5.74, 6) is -2.23. The molecular weight excluding hydrogens is 452 g/mol. The van der Waals surface area contributed by atoms with Gasteiger partial charge in [0.25, 0.3) is 5.91 Å². The van der Waals surface area contributed by atoms with E-state index in [1.165, 1.54) is 16.7 Å². The lowest BCUT2D eigenvalue weighted by Gasteiger charge is -2.37. The van der Waals surface area contributed by atoms with Crippen LogP contribution < -0.4 is 4.90 Å². The molecule has 1 unspecified atom stereocenters. The Kier molecular flexibility index (Phi) is 5.84.